The second kappa shape index (κ2) is 6.85. The topological polar surface area (TPSA) is 81.9 Å². The van der Waals surface area contributed by atoms with Crippen molar-refractivity contribution in [1.29, 1.82) is 0 Å². The van der Waals surface area contributed by atoms with Crippen LogP contribution in [0.5, 0.6) is 5.75 Å². The lowest BCUT2D eigenvalue weighted by Gasteiger charge is -2.34. The van der Waals surface area contributed by atoms with E-state index in [0.717, 1.165) is 12.8 Å². The lowest BCUT2D eigenvalue weighted by atomic mass is 10.1. The van der Waals surface area contributed by atoms with Gasteiger partial charge in [0, 0.05) is 12.6 Å². The predicted molar refractivity (Wildman–Crippen MR) is 84.6 cm³/mol. The van der Waals surface area contributed by atoms with E-state index in [4.69, 9.17) is 9.47 Å². The third-order valence-electron chi connectivity index (χ3n) is 3.36. The molecule has 1 aromatic rings. The Morgan fingerprint density at radius 3 is 2.78 bits per heavy atom. The van der Waals surface area contributed by atoms with Gasteiger partial charge in [0.1, 0.15) is 17.5 Å². The minimum absolute atomic E-state index is 0.0118. The molecule has 7 heteroatoms. The first kappa shape index (κ1) is 17.1. The number of carbonyl (C=O) groups excluding carboxylic acids is 1. The van der Waals surface area contributed by atoms with Crippen LogP contribution in [0.3, 0.4) is 0 Å². The van der Waals surface area contributed by atoms with E-state index in [2.05, 4.69) is 0 Å². The van der Waals surface area contributed by atoms with Gasteiger partial charge in [-0.3, -0.25) is 10.1 Å². The number of ether oxygens (including phenoxy) is 2. The number of amides is 1. The average Bonchev–Trinajstić information content (AvgIpc) is 2.46. The number of benzene rings is 1. The number of non-ortho nitro benzene ring substituents is 1. The van der Waals surface area contributed by atoms with E-state index in [1.165, 1.54) is 12.1 Å². The van der Waals surface area contributed by atoms with Crippen LogP contribution in [0, 0.1) is 10.1 Å². The summed E-state index contributed by atoms with van der Waals surface area (Å²) in [5.41, 5.74) is -0.549. The fourth-order valence-electron chi connectivity index (χ4n) is 2.39. The van der Waals surface area contributed by atoms with Crippen LogP contribution in [0.1, 0.15) is 33.6 Å². The number of likely N-dealkylation sites (tertiary alicyclic amines) is 1. The first-order valence-corrected chi connectivity index (χ1v) is 7.63. The number of nitro groups is 1. The highest BCUT2D eigenvalue weighted by molar-refractivity contribution is 5.68. The second-order valence-electron chi connectivity index (χ2n) is 6.56. The highest BCUT2D eigenvalue weighted by Gasteiger charge is 2.28. The van der Waals surface area contributed by atoms with Crippen LogP contribution >= 0.6 is 0 Å². The number of rotatable bonds is 3. The summed E-state index contributed by atoms with van der Waals surface area (Å²) in [6, 6.07) is 6.08. The number of nitro benzene ring substituents is 1. The molecule has 0 N–H and O–H groups in total. The smallest absolute Gasteiger partial charge is 0.410 e. The molecule has 0 saturated carbocycles. The Morgan fingerprint density at radius 2 is 2.13 bits per heavy atom. The summed E-state index contributed by atoms with van der Waals surface area (Å²) in [7, 11) is 0. The molecular weight excluding hydrogens is 300 g/mol. The van der Waals surface area contributed by atoms with Gasteiger partial charge in [0.05, 0.1) is 17.5 Å². The van der Waals surface area contributed by atoms with Crippen LogP contribution in [0.15, 0.2) is 24.3 Å². The molecule has 1 aromatic carbocycles. The molecule has 23 heavy (non-hydrogen) atoms. The van der Waals surface area contributed by atoms with Gasteiger partial charge < -0.3 is 14.4 Å². The monoisotopic (exact) mass is 322 g/mol. The Bertz CT molecular complexity index is 582. The van der Waals surface area contributed by atoms with E-state index in [1.54, 1.807) is 17.0 Å². The van der Waals surface area contributed by atoms with Crippen LogP contribution in [0.25, 0.3) is 0 Å². The largest absolute Gasteiger partial charge is 0.488 e. The highest BCUT2D eigenvalue weighted by Crippen LogP contribution is 2.23. The normalized spacial score (nSPS) is 18.4. The fraction of sp³-hybridized carbons (Fsp3) is 0.562. The van der Waals surface area contributed by atoms with Crippen molar-refractivity contribution >= 4 is 11.8 Å². The van der Waals surface area contributed by atoms with Gasteiger partial charge in [0.25, 0.3) is 5.69 Å². The Labute approximate surface area is 135 Å². The third-order valence-corrected chi connectivity index (χ3v) is 3.36. The Hall–Kier alpha value is -2.31. The maximum Gasteiger partial charge on any atom is 0.410 e. The van der Waals surface area contributed by atoms with Gasteiger partial charge in [-0.2, -0.15) is 0 Å². The molecule has 1 amide bonds. The van der Waals surface area contributed by atoms with Crippen molar-refractivity contribution in [2.75, 3.05) is 13.1 Å². The number of piperidine rings is 1. The lowest BCUT2D eigenvalue weighted by Crippen LogP contribution is -2.46. The highest BCUT2D eigenvalue weighted by atomic mass is 16.6. The summed E-state index contributed by atoms with van der Waals surface area (Å²) < 4.78 is 11.2. The first-order chi connectivity index (χ1) is 10.7. The van der Waals surface area contributed by atoms with Crippen molar-refractivity contribution in [3.8, 4) is 5.75 Å². The van der Waals surface area contributed by atoms with Gasteiger partial charge in [0.2, 0.25) is 0 Å². The number of hydrogen-bond acceptors (Lipinski definition) is 5. The van der Waals surface area contributed by atoms with Crippen LogP contribution in [-0.4, -0.2) is 40.7 Å². The van der Waals surface area contributed by atoms with Gasteiger partial charge in [0.15, 0.2) is 0 Å². The van der Waals surface area contributed by atoms with Crippen molar-refractivity contribution in [2.45, 2.75) is 45.3 Å². The molecule has 0 aromatic heterocycles. The Balaban J connectivity index is 1.97. The summed E-state index contributed by atoms with van der Waals surface area (Å²) >= 11 is 0. The van der Waals surface area contributed by atoms with Crippen molar-refractivity contribution in [1.82, 2.24) is 4.90 Å². The summed E-state index contributed by atoms with van der Waals surface area (Å²) in [5.74, 6) is 0.440. The zero-order valence-electron chi connectivity index (χ0n) is 13.7. The molecule has 2 rings (SSSR count). The number of hydrogen-bond donors (Lipinski definition) is 0. The standard InChI is InChI=1S/C16H22N2O5/c1-16(2,3)23-15(19)17-9-5-8-14(11-17)22-13-7-4-6-12(10-13)18(20)21/h4,6-7,10,14H,5,8-9,11H2,1-3H3/t14-/m1/s1. The summed E-state index contributed by atoms with van der Waals surface area (Å²) in [4.78, 5) is 24.1. The minimum Gasteiger partial charge on any atom is -0.488 e. The molecule has 126 valence electrons. The van der Waals surface area contributed by atoms with Gasteiger partial charge >= 0.3 is 6.09 Å². The number of carbonyl (C=O) groups is 1. The van der Waals surface area contributed by atoms with E-state index in [0.29, 0.717) is 18.8 Å². The molecule has 0 radical (unpaired) electrons. The molecule has 1 aliphatic rings. The minimum atomic E-state index is -0.537. The second-order valence-corrected chi connectivity index (χ2v) is 6.56. The molecule has 0 bridgehead atoms. The van der Waals surface area contributed by atoms with E-state index >= 15 is 0 Å². The molecule has 1 aliphatic heterocycles. The Morgan fingerprint density at radius 1 is 1.39 bits per heavy atom. The molecule has 1 atom stereocenters. The molecule has 1 fully saturated rings. The first-order valence-electron chi connectivity index (χ1n) is 7.63. The van der Waals surface area contributed by atoms with Crippen molar-refractivity contribution < 1.29 is 19.2 Å². The van der Waals surface area contributed by atoms with Crippen LogP contribution in [0.4, 0.5) is 10.5 Å². The quantitative estimate of drug-likeness (QED) is 0.629. The van der Waals surface area contributed by atoms with Gasteiger partial charge in [-0.15, -0.1) is 0 Å². The molecule has 1 heterocycles. The van der Waals surface area contributed by atoms with Crippen LogP contribution in [0.2, 0.25) is 0 Å². The maximum absolute atomic E-state index is 12.1. The summed E-state index contributed by atoms with van der Waals surface area (Å²) in [5, 5.41) is 10.8. The molecule has 7 nitrogen and oxygen atoms in total. The maximum atomic E-state index is 12.1. The van der Waals surface area contributed by atoms with E-state index in [9.17, 15) is 14.9 Å². The van der Waals surface area contributed by atoms with E-state index in [-0.39, 0.29) is 17.9 Å². The zero-order valence-corrected chi connectivity index (χ0v) is 13.7. The van der Waals surface area contributed by atoms with E-state index in [1.807, 2.05) is 20.8 Å². The van der Waals surface area contributed by atoms with Crippen LogP contribution in [-0.2, 0) is 4.74 Å². The average molecular weight is 322 g/mol. The summed E-state index contributed by atoms with van der Waals surface area (Å²) in [6.07, 6.45) is 1.05. The van der Waals surface area contributed by atoms with E-state index < -0.39 is 10.5 Å². The molecular formula is C16H22N2O5. The zero-order chi connectivity index (χ0) is 17.0. The predicted octanol–water partition coefficient (Wildman–Crippen LogP) is 3.37. The Kier molecular flexibility index (Phi) is 5.08. The molecule has 0 spiro atoms. The van der Waals surface area contributed by atoms with Gasteiger partial charge in [-0.25, -0.2) is 4.79 Å². The fourth-order valence-corrected chi connectivity index (χ4v) is 2.39. The molecule has 0 aliphatic carbocycles. The van der Waals surface area contributed by atoms with Crippen molar-refractivity contribution in [2.24, 2.45) is 0 Å². The lowest BCUT2D eigenvalue weighted by molar-refractivity contribution is -0.385. The number of nitrogens with zero attached hydrogens (tertiary/aromatic N) is 2. The van der Waals surface area contributed by atoms with Crippen LogP contribution < -0.4 is 4.74 Å². The van der Waals surface area contributed by atoms with Gasteiger partial charge in [-0.1, -0.05) is 6.07 Å². The van der Waals surface area contributed by atoms with Gasteiger partial charge in [-0.05, 0) is 39.7 Å². The molecule has 0 unspecified atom stereocenters. The SMILES string of the molecule is CC(C)(C)OC(=O)N1CCC[C@@H](Oc2cccc([N+](=O)[O-])c2)C1. The van der Waals surface area contributed by atoms with Crippen molar-refractivity contribution in [3.05, 3.63) is 34.4 Å². The summed E-state index contributed by atoms with van der Waals surface area (Å²) in [6.45, 7) is 6.52. The third kappa shape index (κ3) is 5.12. The molecule has 1 saturated heterocycles. The van der Waals surface area contributed by atoms with Crippen molar-refractivity contribution in [3.63, 3.8) is 0 Å².